The van der Waals surface area contributed by atoms with Crippen LogP contribution in [0.5, 0.6) is 11.5 Å². The highest BCUT2D eigenvalue weighted by Gasteiger charge is 2.25. The summed E-state index contributed by atoms with van der Waals surface area (Å²) in [5, 5.41) is 7.01. The molecule has 1 aromatic carbocycles. The van der Waals surface area contributed by atoms with E-state index in [4.69, 9.17) is 16.3 Å². The maximum Gasteiger partial charge on any atom is 0.257 e. The van der Waals surface area contributed by atoms with Gasteiger partial charge >= 0.3 is 0 Å². The number of hydrogen-bond donors (Lipinski definition) is 2. The minimum atomic E-state index is -0.305. The lowest BCUT2D eigenvalue weighted by Gasteiger charge is -2.38. The molecule has 39 heavy (non-hydrogen) atoms. The second-order valence-corrected chi connectivity index (χ2v) is 10.3. The van der Waals surface area contributed by atoms with Gasteiger partial charge in [-0.15, -0.1) is 0 Å². The van der Waals surface area contributed by atoms with Gasteiger partial charge in [0.2, 0.25) is 0 Å². The van der Waals surface area contributed by atoms with Crippen LogP contribution >= 0.6 is 11.6 Å². The van der Waals surface area contributed by atoms with E-state index in [9.17, 15) is 4.79 Å². The van der Waals surface area contributed by atoms with Crippen molar-refractivity contribution in [3.8, 4) is 11.5 Å². The van der Waals surface area contributed by atoms with Crippen molar-refractivity contribution >= 4 is 45.6 Å². The van der Waals surface area contributed by atoms with Crippen LogP contribution in [-0.2, 0) is 0 Å². The van der Waals surface area contributed by atoms with Crippen molar-refractivity contribution in [3.63, 3.8) is 0 Å². The van der Waals surface area contributed by atoms with Crippen LogP contribution in [0.25, 0.3) is 16.7 Å². The van der Waals surface area contributed by atoms with E-state index < -0.39 is 0 Å². The zero-order chi connectivity index (χ0) is 27.1. The topological polar surface area (TPSA) is 110 Å². The van der Waals surface area contributed by atoms with E-state index in [-0.39, 0.29) is 5.91 Å². The second-order valence-electron chi connectivity index (χ2n) is 9.86. The Morgan fingerprint density at radius 2 is 1.85 bits per heavy atom. The first-order chi connectivity index (χ1) is 18.8. The number of pyridine rings is 2. The molecule has 0 spiro atoms. The Morgan fingerprint density at radius 3 is 2.62 bits per heavy atom. The predicted octanol–water partition coefficient (Wildman–Crippen LogP) is 4.87. The van der Waals surface area contributed by atoms with Gasteiger partial charge in [0, 0.05) is 68.3 Å². The zero-order valence-corrected chi connectivity index (χ0v) is 22.5. The number of nitrogens with zero attached hydrogens (tertiary/aromatic N) is 6. The number of aromatic nitrogens is 5. The van der Waals surface area contributed by atoms with Gasteiger partial charge < -0.3 is 24.7 Å². The normalized spacial score (nSPS) is 17.5. The monoisotopic (exact) mass is 542 g/mol. The molecule has 0 unspecified atom stereocenters. The minimum Gasteiger partial charge on any atom is -0.452 e. The SMILES string of the molecule is Cc1cn2cc(NC(=O)c3ccc(N4C[C@@H](C)N[C@H](C)C4)c4nccnc34)cc(Oc3cncc(Cl)c3)c2n1. The molecule has 2 atom stereocenters. The number of piperazine rings is 1. The van der Waals surface area contributed by atoms with Crippen molar-refractivity contribution in [2.45, 2.75) is 32.9 Å². The van der Waals surface area contributed by atoms with Crippen molar-refractivity contribution in [2.24, 2.45) is 0 Å². The molecule has 11 heteroatoms. The fourth-order valence-corrected chi connectivity index (χ4v) is 5.28. The molecule has 5 aromatic rings. The van der Waals surface area contributed by atoms with Crippen molar-refractivity contribution in [2.75, 3.05) is 23.3 Å². The van der Waals surface area contributed by atoms with E-state index in [1.54, 1.807) is 36.9 Å². The molecule has 198 valence electrons. The van der Waals surface area contributed by atoms with Crippen molar-refractivity contribution in [1.29, 1.82) is 0 Å². The molecule has 1 aliphatic rings. The fraction of sp³-hybridized carbons (Fsp3) is 0.250. The van der Waals surface area contributed by atoms with Crippen molar-refractivity contribution in [3.05, 3.63) is 77.7 Å². The van der Waals surface area contributed by atoms with Gasteiger partial charge in [0.05, 0.1) is 33.9 Å². The lowest BCUT2D eigenvalue weighted by Crippen LogP contribution is -2.54. The van der Waals surface area contributed by atoms with Crippen LogP contribution in [0.4, 0.5) is 11.4 Å². The molecule has 5 heterocycles. The third-order valence-electron chi connectivity index (χ3n) is 6.55. The highest BCUT2D eigenvalue weighted by Crippen LogP contribution is 2.32. The standard InChI is InChI=1S/C28H27ClN8O2/c1-16-12-36(13-17(2)33-16)23-5-4-22(25-26(23)32-7-6-31-25)28(38)35-20-9-24(27-34-18(3)14-37(27)15-20)39-21-8-19(29)10-30-11-21/h4-11,14-17,33H,12-13H2,1-3H3,(H,35,38)/t16-,17-/m1/s1. The highest BCUT2D eigenvalue weighted by molar-refractivity contribution is 6.30. The molecule has 0 bridgehead atoms. The highest BCUT2D eigenvalue weighted by atomic mass is 35.5. The number of hydrogen-bond acceptors (Lipinski definition) is 8. The van der Waals surface area contributed by atoms with Crippen LogP contribution in [0.15, 0.2) is 61.4 Å². The Morgan fingerprint density at radius 1 is 1.08 bits per heavy atom. The summed E-state index contributed by atoms with van der Waals surface area (Å²) in [5.41, 5.74) is 4.58. The number of ether oxygens (including phenoxy) is 1. The van der Waals surface area contributed by atoms with Gasteiger partial charge in [0.15, 0.2) is 11.4 Å². The van der Waals surface area contributed by atoms with Crippen LogP contribution in [0.1, 0.15) is 29.9 Å². The van der Waals surface area contributed by atoms with E-state index in [1.807, 2.05) is 29.7 Å². The Hall–Kier alpha value is -4.28. The van der Waals surface area contributed by atoms with Crippen LogP contribution in [0, 0.1) is 6.92 Å². The number of halogens is 1. The predicted molar refractivity (Wildman–Crippen MR) is 151 cm³/mol. The lowest BCUT2D eigenvalue weighted by molar-refractivity contribution is 0.102. The summed E-state index contributed by atoms with van der Waals surface area (Å²) in [5.74, 6) is 0.606. The minimum absolute atomic E-state index is 0.305. The fourth-order valence-electron chi connectivity index (χ4n) is 5.11. The van der Waals surface area contributed by atoms with Crippen LogP contribution in [0.3, 0.4) is 0 Å². The molecule has 0 aliphatic carbocycles. The summed E-state index contributed by atoms with van der Waals surface area (Å²) < 4.78 is 7.88. The molecule has 1 amide bonds. The van der Waals surface area contributed by atoms with Gasteiger partial charge in [-0.25, -0.2) is 4.98 Å². The maximum atomic E-state index is 13.6. The molecule has 10 nitrogen and oxygen atoms in total. The average molecular weight is 543 g/mol. The Kier molecular flexibility index (Phi) is 6.49. The first-order valence-corrected chi connectivity index (χ1v) is 13.1. The Labute approximate surface area is 230 Å². The molecule has 2 N–H and O–H groups in total. The summed E-state index contributed by atoms with van der Waals surface area (Å²) in [6.07, 6.45) is 10.0. The van der Waals surface area contributed by atoms with E-state index >= 15 is 0 Å². The van der Waals surface area contributed by atoms with E-state index in [0.29, 0.717) is 56.5 Å². The van der Waals surface area contributed by atoms with E-state index in [1.165, 1.54) is 6.20 Å². The van der Waals surface area contributed by atoms with Gasteiger partial charge in [-0.3, -0.25) is 19.7 Å². The summed E-state index contributed by atoms with van der Waals surface area (Å²) in [6.45, 7) is 7.91. The van der Waals surface area contributed by atoms with Gasteiger partial charge in [0.1, 0.15) is 16.8 Å². The third kappa shape index (κ3) is 5.08. The number of carbonyl (C=O) groups excluding carboxylic acids is 1. The third-order valence-corrected chi connectivity index (χ3v) is 6.76. The number of rotatable bonds is 5. The average Bonchev–Trinajstić information content (AvgIpc) is 3.28. The molecular formula is C28H27ClN8O2. The second kappa shape index (κ2) is 10.1. The lowest BCUT2D eigenvalue weighted by atomic mass is 10.1. The number of anilines is 2. The maximum absolute atomic E-state index is 13.6. The largest absolute Gasteiger partial charge is 0.452 e. The first-order valence-electron chi connectivity index (χ1n) is 12.7. The Balaban J connectivity index is 1.34. The van der Waals surface area contributed by atoms with Crippen LogP contribution < -0.4 is 20.3 Å². The number of aryl methyl sites for hydroxylation is 1. The summed E-state index contributed by atoms with van der Waals surface area (Å²) in [7, 11) is 0. The molecule has 0 saturated carbocycles. The molecule has 6 rings (SSSR count). The summed E-state index contributed by atoms with van der Waals surface area (Å²) in [6, 6.07) is 7.84. The first kappa shape index (κ1) is 25.0. The van der Waals surface area contributed by atoms with Crippen molar-refractivity contribution in [1.82, 2.24) is 29.7 Å². The number of imidazole rings is 1. The summed E-state index contributed by atoms with van der Waals surface area (Å²) in [4.78, 5) is 33.7. The van der Waals surface area contributed by atoms with E-state index in [0.717, 1.165) is 24.5 Å². The van der Waals surface area contributed by atoms with Gasteiger partial charge in [-0.05, 0) is 32.9 Å². The number of carbonyl (C=O) groups is 1. The number of benzene rings is 1. The molecule has 4 aromatic heterocycles. The van der Waals surface area contributed by atoms with Gasteiger partial charge in [0.25, 0.3) is 5.91 Å². The van der Waals surface area contributed by atoms with E-state index in [2.05, 4.69) is 49.3 Å². The van der Waals surface area contributed by atoms with Gasteiger partial charge in [-0.2, -0.15) is 0 Å². The van der Waals surface area contributed by atoms with Crippen LogP contribution in [-0.4, -0.2) is 55.4 Å². The number of nitrogens with one attached hydrogen (secondary N) is 2. The van der Waals surface area contributed by atoms with Gasteiger partial charge in [-0.1, -0.05) is 11.6 Å². The molecule has 0 radical (unpaired) electrons. The molecule has 1 aliphatic heterocycles. The number of fused-ring (bicyclic) bond motifs is 2. The van der Waals surface area contributed by atoms with Crippen LogP contribution in [0.2, 0.25) is 5.02 Å². The molecule has 1 saturated heterocycles. The van der Waals surface area contributed by atoms with Crippen molar-refractivity contribution < 1.29 is 9.53 Å². The summed E-state index contributed by atoms with van der Waals surface area (Å²) >= 11 is 6.09. The quantitative estimate of drug-likeness (QED) is 0.324. The zero-order valence-electron chi connectivity index (χ0n) is 21.7. The number of amides is 1. The molecule has 1 fully saturated rings. The molecular weight excluding hydrogens is 516 g/mol. The smallest absolute Gasteiger partial charge is 0.257 e. The Bertz CT molecular complexity index is 1690.